The van der Waals surface area contributed by atoms with E-state index in [4.69, 9.17) is 0 Å². The minimum Gasteiger partial charge on any atom is -0.388 e. The Morgan fingerprint density at radius 2 is 1.84 bits per heavy atom. The van der Waals surface area contributed by atoms with E-state index in [1.807, 2.05) is 85.4 Å². The van der Waals surface area contributed by atoms with Crippen LogP contribution in [0.1, 0.15) is 22.5 Å². The number of likely N-dealkylation sites (N-methyl/N-ethyl adjacent to an activating group) is 1. The Morgan fingerprint density at radius 3 is 2.55 bits per heavy atom. The molecular formula is C24H28N4O3. The van der Waals surface area contributed by atoms with Crippen molar-refractivity contribution in [1.29, 1.82) is 0 Å². The van der Waals surface area contributed by atoms with Crippen LogP contribution in [0, 0.1) is 0 Å². The lowest BCUT2D eigenvalue weighted by molar-refractivity contribution is -0.127. The SMILES string of the molecule is CN(C)CC(=O)N[C@]1(c2ccccc2)CCN(C(=O)c2ccc3ccccn23)C[C@H]1O. The number of piperidine rings is 1. The van der Waals surface area contributed by atoms with Crippen LogP contribution >= 0.6 is 0 Å². The van der Waals surface area contributed by atoms with Gasteiger partial charge in [0.15, 0.2) is 0 Å². The van der Waals surface area contributed by atoms with Crippen molar-refractivity contribution in [2.45, 2.75) is 18.1 Å². The van der Waals surface area contributed by atoms with Gasteiger partial charge in [0.2, 0.25) is 5.91 Å². The molecule has 2 atom stereocenters. The van der Waals surface area contributed by atoms with Crippen LogP contribution in [0.15, 0.2) is 66.9 Å². The zero-order valence-corrected chi connectivity index (χ0v) is 17.9. The Balaban J connectivity index is 1.59. The highest BCUT2D eigenvalue weighted by Gasteiger charge is 2.46. The van der Waals surface area contributed by atoms with Crippen molar-refractivity contribution in [1.82, 2.24) is 19.5 Å². The summed E-state index contributed by atoms with van der Waals surface area (Å²) in [6.07, 6.45) is 1.34. The maximum atomic E-state index is 13.2. The summed E-state index contributed by atoms with van der Waals surface area (Å²) in [6, 6.07) is 19.0. The molecule has 7 nitrogen and oxygen atoms in total. The molecule has 3 heterocycles. The van der Waals surface area contributed by atoms with E-state index in [0.29, 0.717) is 18.7 Å². The van der Waals surface area contributed by atoms with E-state index in [1.54, 1.807) is 9.80 Å². The van der Waals surface area contributed by atoms with E-state index < -0.39 is 11.6 Å². The monoisotopic (exact) mass is 420 g/mol. The Bertz CT molecular complexity index is 1080. The molecule has 162 valence electrons. The molecule has 0 unspecified atom stereocenters. The van der Waals surface area contributed by atoms with Gasteiger partial charge in [0.1, 0.15) is 5.69 Å². The number of aliphatic hydroxyl groups is 1. The molecule has 2 aromatic heterocycles. The smallest absolute Gasteiger partial charge is 0.270 e. The second kappa shape index (κ2) is 8.53. The van der Waals surface area contributed by atoms with Gasteiger partial charge in [-0.25, -0.2) is 0 Å². The topological polar surface area (TPSA) is 77.3 Å². The molecule has 31 heavy (non-hydrogen) atoms. The molecule has 0 radical (unpaired) electrons. The van der Waals surface area contributed by atoms with Gasteiger partial charge < -0.3 is 24.6 Å². The maximum Gasteiger partial charge on any atom is 0.270 e. The average molecular weight is 421 g/mol. The van der Waals surface area contributed by atoms with Crippen LogP contribution in [0.3, 0.4) is 0 Å². The van der Waals surface area contributed by atoms with E-state index in [9.17, 15) is 14.7 Å². The standard InChI is InChI=1S/C24H28N4O3/c1-26(2)17-22(30)25-24(18-8-4-3-5-9-18)13-15-27(16-21(24)29)23(31)20-12-11-19-10-6-7-14-28(19)20/h3-12,14,21,29H,13,15-17H2,1-2H3,(H,25,30)/t21-,24+/m1/s1. The van der Waals surface area contributed by atoms with Gasteiger partial charge in [-0.3, -0.25) is 9.59 Å². The average Bonchev–Trinajstić information content (AvgIpc) is 3.19. The number of fused-ring (bicyclic) bond motifs is 1. The fourth-order valence-electron chi connectivity index (χ4n) is 4.38. The van der Waals surface area contributed by atoms with Gasteiger partial charge in [0.05, 0.1) is 18.2 Å². The summed E-state index contributed by atoms with van der Waals surface area (Å²) in [7, 11) is 3.66. The van der Waals surface area contributed by atoms with Crippen molar-refractivity contribution in [2.24, 2.45) is 0 Å². The molecule has 1 aromatic carbocycles. The number of hydrogen-bond donors (Lipinski definition) is 2. The van der Waals surface area contributed by atoms with Crippen LogP contribution in [0.25, 0.3) is 5.52 Å². The van der Waals surface area contributed by atoms with Crippen molar-refractivity contribution in [3.63, 3.8) is 0 Å². The van der Waals surface area contributed by atoms with Gasteiger partial charge in [-0.1, -0.05) is 36.4 Å². The first-order valence-electron chi connectivity index (χ1n) is 10.5. The largest absolute Gasteiger partial charge is 0.388 e. The summed E-state index contributed by atoms with van der Waals surface area (Å²) in [4.78, 5) is 29.3. The number of rotatable bonds is 5. The van der Waals surface area contributed by atoms with Gasteiger partial charge in [0.25, 0.3) is 5.91 Å². The molecule has 0 spiro atoms. The molecule has 3 aromatic rings. The number of amides is 2. The van der Waals surface area contributed by atoms with Gasteiger partial charge >= 0.3 is 0 Å². The Labute approximate surface area is 181 Å². The van der Waals surface area contributed by atoms with Gasteiger partial charge in [-0.05, 0) is 50.3 Å². The van der Waals surface area contributed by atoms with E-state index in [0.717, 1.165) is 11.1 Å². The predicted molar refractivity (Wildman–Crippen MR) is 119 cm³/mol. The molecule has 4 rings (SSSR count). The van der Waals surface area contributed by atoms with Crippen molar-refractivity contribution in [2.75, 3.05) is 33.7 Å². The lowest BCUT2D eigenvalue weighted by atomic mass is 9.78. The summed E-state index contributed by atoms with van der Waals surface area (Å²) in [5, 5.41) is 14.3. The van der Waals surface area contributed by atoms with Crippen LogP contribution in [0.5, 0.6) is 0 Å². The molecule has 0 bridgehead atoms. The van der Waals surface area contributed by atoms with Crippen molar-refractivity contribution in [3.05, 3.63) is 78.1 Å². The fourth-order valence-corrected chi connectivity index (χ4v) is 4.38. The highest BCUT2D eigenvalue weighted by atomic mass is 16.3. The maximum absolute atomic E-state index is 13.2. The third-order valence-electron chi connectivity index (χ3n) is 5.92. The zero-order chi connectivity index (χ0) is 22.0. The fraction of sp³-hybridized carbons (Fsp3) is 0.333. The molecule has 0 aliphatic carbocycles. The number of β-amino-alcohol motifs (C(OH)–C–C–N with tert-alkyl or cyclic N) is 1. The Kier molecular flexibility index (Phi) is 5.80. The predicted octanol–water partition coefficient (Wildman–Crippen LogP) is 1.72. The minimum atomic E-state index is -0.940. The summed E-state index contributed by atoms with van der Waals surface area (Å²) in [6.45, 7) is 0.781. The molecule has 2 amide bonds. The number of carbonyl (C=O) groups is 2. The summed E-state index contributed by atoms with van der Waals surface area (Å²) < 4.78 is 1.85. The van der Waals surface area contributed by atoms with Gasteiger partial charge in [-0.15, -0.1) is 0 Å². The third-order valence-corrected chi connectivity index (χ3v) is 5.92. The lowest BCUT2D eigenvalue weighted by Gasteiger charge is -2.46. The first kappa shape index (κ1) is 21.1. The highest BCUT2D eigenvalue weighted by Crippen LogP contribution is 2.34. The molecule has 7 heteroatoms. The lowest BCUT2D eigenvalue weighted by Crippen LogP contribution is -2.63. The number of likely N-dealkylation sites (tertiary alicyclic amines) is 1. The summed E-state index contributed by atoms with van der Waals surface area (Å²) in [5.74, 6) is -0.295. The molecule has 0 saturated carbocycles. The first-order valence-corrected chi connectivity index (χ1v) is 10.5. The van der Waals surface area contributed by atoms with Crippen LogP contribution in [0.4, 0.5) is 0 Å². The van der Waals surface area contributed by atoms with Crippen LogP contribution in [0.2, 0.25) is 0 Å². The van der Waals surface area contributed by atoms with Crippen LogP contribution in [-0.2, 0) is 10.3 Å². The summed E-state index contributed by atoms with van der Waals surface area (Å²) >= 11 is 0. The number of pyridine rings is 1. The molecular weight excluding hydrogens is 392 g/mol. The van der Waals surface area contributed by atoms with Gasteiger partial charge in [-0.2, -0.15) is 0 Å². The van der Waals surface area contributed by atoms with E-state index in [-0.39, 0.29) is 24.9 Å². The van der Waals surface area contributed by atoms with Crippen LogP contribution in [-0.4, -0.2) is 71.0 Å². The number of aliphatic hydroxyl groups excluding tert-OH is 1. The second-order valence-electron chi connectivity index (χ2n) is 8.35. The minimum absolute atomic E-state index is 0.133. The number of nitrogens with zero attached hydrogens (tertiary/aromatic N) is 3. The number of carbonyl (C=O) groups excluding carboxylic acids is 2. The quantitative estimate of drug-likeness (QED) is 0.659. The molecule has 1 fully saturated rings. The second-order valence-corrected chi connectivity index (χ2v) is 8.35. The van der Waals surface area contributed by atoms with Crippen molar-refractivity contribution < 1.29 is 14.7 Å². The third kappa shape index (κ3) is 4.06. The van der Waals surface area contributed by atoms with E-state index in [1.165, 1.54) is 0 Å². The number of aromatic nitrogens is 1. The highest BCUT2D eigenvalue weighted by molar-refractivity contribution is 5.94. The summed E-state index contributed by atoms with van der Waals surface area (Å²) in [5.41, 5.74) is 1.41. The molecule has 2 N–H and O–H groups in total. The number of hydrogen-bond acceptors (Lipinski definition) is 4. The first-order chi connectivity index (χ1) is 14.9. The van der Waals surface area contributed by atoms with E-state index >= 15 is 0 Å². The zero-order valence-electron chi connectivity index (χ0n) is 17.9. The molecule has 1 aliphatic rings. The van der Waals surface area contributed by atoms with E-state index in [2.05, 4.69) is 5.32 Å². The number of nitrogens with one attached hydrogen (secondary N) is 1. The normalized spacial score (nSPS) is 21.4. The van der Waals surface area contributed by atoms with Crippen molar-refractivity contribution >= 4 is 17.3 Å². The van der Waals surface area contributed by atoms with Gasteiger partial charge in [0, 0.05) is 24.8 Å². The molecule has 1 aliphatic heterocycles. The Morgan fingerprint density at radius 1 is 1.10 bits per heavy atom. The van der Waals surface area contributed by atoms with Crippen LogP contribution < -0.4 is 5.32 Å². The number of benzene rings is 1. The van der Waals surface area contributed by atoms with Crippen molar-refractivity contribution in [3.8, 4) is 0 Å². The Hall–Kier alpha value is -3.16. The molecule has 1 saturated heterocycles.